The molecule has 6 unspecified atom stereocenters. The summed E-state index contributed by atoms with van der Waals surface area (Å²) in [6.07, 6.45) is 1.59. The Balaban J connectivity index is 1.53. The predicted molar refractivity (Wildman–Crippen MR) is 143 cm³/mol. The van der Waals surface area contributed by atoms with Gasteiger partial charge in [0.15, 0.2) is 23.0 Å². The van der Waals surface area contributed by atoms with E-state index in [2.05, 4.69) is 34.2 Å². The van der Waals surface area contributed by atoms with Crippen LogP contribution in [0.2, 0.25) is 0 Å². The molecule has 4 heterocycles. The number of carbonyl (C=O) groups excluding carboxylic acids is 1. The van der Waals surface area contributed by atoms with E-state index in [-0.39, 0.29) is 47.1 Å². The van der Waals surface area contributed by atoms with Gasteiger partial charge in [-0.15, -0.1) is 0 Å². The Morgan fingerprint density at radius 2 is 1.79 bits per heavy atom. The molecule has 0 aliphatic carbocycles. The lowest BCUT2D eigenvalue weighted by Gasteiger charge is -2.53. The van der Waals surface area contributed by atoms with Crippen LogP contribution in [0.3, 0.4) is 0 Å². The number of phenols is 2. The van der Waals surface area contributed by atoms with E-state index in [0.717, 1.165) is 40.8 Å². The summed E-state index contributed by atoms with van der Waals surface area (Å²) in [6, 6.07) is 3.59. The Morgan fingerprint density at radius 1 is 1.16 bits per heavy atom. The third-order valence-corrected chi connectivity index (χ3v) is 9.51. The van der Waals surface area contributed by atoms with E-state index < -0.39 is 6.04 Å². The van der Waals surface area contributed by atoms with Crippen LogP contribution in [0.4, 0.5) is 0 Å². The van der Waals surface area contributed by atoms with Crippen molar-refractivity contribution >= 4 is 5.91 Å². The van der Waals surface area contributed by atoms with Crippen LogP contribution in [0.15, 0.2) is 12.1 Å². The molecule has 2 fully saturated rings. The molecule has 0 aromatic heterocycles. The molecule has 2 saturated heterocycles. The Labute approximate surface area is 223 Å². The lowest BCUT2D eigenvalue weighted by Crippen LogP contribution is -2.60. The van der Waals surface area contributed by atoms with Gasteiger partial charge in [0.2, 0.25) is 5.91 Å². The fourth-order valence-corrected chi connectivity index (χ4v) is 8.05. The Morgan fingerprint density at radius 3 is 2.42 bits per heavy atom. The number of piperazine rings is 1. The van der Waals surface area contributed by atoms with Gasteiger partial charge in [0.1, 0.15) is 0 Å². The minimum atomic E-state index is -0.632. The molecule has 204 valence electrons. The average Bonchev–Trinajstić information content (AvgIpc) is 3.28. The average molecular weight is 523 g/mol. The summed E-state index contributed by atoms with van der Waals surface area (Å²) in [5.74, 6) is 1.13. The summed E-state index contributed by atoms with van der Waals surface area (Å²) in [5.41, 5.74) is 11.4. The molecule has 2 aromatic rings. The van der Waals surface area contributed by atoms with E-state index in [1.54, 1.807) is 21.1 Å². The van der Waals surface area contributed by atoms with Crippen molar-refractivity contribution in [3.05, 3.63) is 45.5 Å². The van der Waals surface area contributed by atoms with Crippen molar-refractivity contribution in [1.82, 2.24) is 15.1 Å². The number of fused-ring (bicyclic) bond motifs is 8. The standard InChI is InChI=1S/C29H38N4O5/c1-13-7-16-9-19-23-22-18(8-14(2)27(38-6)25(22)35)29(4)10-17(12-32(23)29)33(19)20(11-31-28(36)15(3)30)21(16)24(34)26(13)37-5/h7-8,15,17,19-20,23,34-35H,9-12,30H2,1-6H3,(H,31,36). The Bertz CT molecular complexity index is 1340. The van der Waals surface area contributed by atoms with Gasteiger partial charge in [0.25, 0.3) is 0 Å². The number of carbonyl (C=O) groups is 1. The number of phenolic OH excluding ortho intramolecular Hbond substituents is 2. The molecule has 6 rings (SSSR count). The lowest BCUT2D eigenvalue weighted by molar-refractivity contribution is -0.122. The first-order chi connectivity index (χ1) is 18.0. The first-order valence-electron chi connectivity index (χ1n) is 13.4. The highest BCUT2D eigenvalue weighted by atomic mass is 16.5. The molecule has 6 atom stereocenters. The van der Waals surface area contributed by atoms with Gasteiger partial charge in [-0.3, -0.25) is 14.6 Å². The monoisotopic (exact) mass is 522 g/mol. The second-order valence-electron chi connectivity index (χ2n) is 11.7. The molecule has 4 aliphatic heterocycles. The third-order valence-electron chi connectivity index (χ3n) is 9.51. The lowest BCUT2D eigenvalue weighted by atomic mass is 9.77. The van der Waals surface area contributed by atoms with Crippen molar-refractivity contribution in [3.63, 3.8) is 0 Å². The molecule has 2 bridgehead atoms. The SMILES string of the molecule is COc1c(C)cc2c(c1O)C(CNC(=O)C(C)N)N1C3CN4C(c5c(cc(C)c(OC)c5O)C4(C)C3)C1C2. The molecule has 9 heteroatoms. The summed E-state index contributed by atoms with van der Waals surface area (Å²) < 4.78 is 11.2. The molecular weight excluding hydrogens is 484 g/mol. The molecular formula is C29H38N4O5. The molecule has 4 aliphatic rings. The minimum absolute atomic E-state index is 0.0343. The zero-order chi connectivity index (χ0) is 27.3. The van der Waals surface area contributed by atoms with Gasteiger partial charge in [-0.25, -0.2) is 0 Å². The smallest absolute Gasteiger partial charge is 0.236 e. The number of hydrogen-bond acceptors (Lipinski definition) is 8. The number of aromatic hydroxyl groups is 2. The Kier molecular flexibility index (Phi) is 5.65. The van der Waals surface area contributed by atoms with Gasteiger partial charge in [-0.05, 0) is 68.9 Å². The molecule has 1 amide bonds. The van der Waals surface area contributed by atoms with E-state index in [0.29, 0.717) is 24.5 Å². The number of nitrogens with one attached hydrogen (secondary N) is 1. The van der Waals surface area contributed by atoms with Crippen LogP contribution < -0.4 is 20.5 Å². The topological polar surface area (TPSA) is 121 Å². The quantitative estimate of drug-likeness (QED) is 0.473. The number of aryl methyl sites for hydroxylation is 2. The minimum Gasteiger partial charge on any atom is -0.504 e. The number of nitrogens with zero attached hydrogens (tertiary/aromatic N) is 2. The highest BCUT2D eigenvalue weighted by Gasteiger charge is 2.64. The number of ether oxygens (including phenoxy) is 2. The van der Waals surface area contributed by atoms with E-state index in [1.165, 1.54) is 5.56 Å². The van der Waals surface area contributed by atoms with Gasteiger partial charge in [-0.2, -0.15) is 0 Å². The molecule has 9 nitrogen and oxygen atoms in total. The fourth-order valence-electron chi connectivity index (χ4n) is 8.05. The van der Waals surface area contributed by atoms with Crippen LogP contribution in [-0.4, -0.2) is 71.4 Å². The first kappa shape index (κ1) is 25.3. The zero-order valence-electron chi connectivity index (χ0n) is 23.0. The molecule has 0 radical (unpaired) electrons. The van der Waals surface area contributed by atoms with E-state index in [4.69, 9.17) is 15.2 Å². The van der Waals surface area contributed by atoms with Crippen molar-refractivity contribution in [2.24, 2.45) is 5.73 Å². The van der Waals surface area contributed by atoms with Crippen LogP contribution in [0.5, 0.6) is 23.0 Å². The highest BCUT2D eigenvalue weighted by Crippen LogP contribution is 2.64. The first-order valence-corrected chi connectivity index (χ1v) is 13.4. The maximum absolute atomic E-state index is 12.6. The number of amides is 1. The second-order valence-corrected chi connectivity index (χ2v) is 11.7. The van der Waals surface area contributed by atoms with Crippen molar-refractivity contribution < 1.29 is 24.5 Å². The summed E-state index contributed by atoms with van der Waals surface area (Å²) in [4.78, 5) is 17.6. The summed E-state index contributed by atoms with van der Waals surface area (Å²) in [5, 5.41) is 26.0. The predicted octanol–water partition coefficient (Wildman–Crippen LogP) is 2.52. The number of methoxy groups -OCH3 is 2. The van der Waals surface area contributed by atoms with Crippen molar-refractivity contribution in [2.45, 2.75) is 76.3 Å². The van der Waals surface area contributed by atoms with Crippen LogP contribution in [0.25, 0.3) is 0 Å². The number of rotatable bonds is 5. The van der Waals surface area contributed by atoms with Crippen molar-refractivity contribution in [3.8, 4) is 23.0 Å². The molecule has 0 saturated carbocycles. The van der Waals surface area contributed by atoms with Crippen molar-refractivity contribution in [1.29, 1.82) is 0 Å². The summed E-state index contributed by atoms with van der Waals surface area (Å²) in [6.45, 7) is 9.02. The van der Waals surface area contributed by atoms with Crippen LogP contribution in [-0.2, 0) is 16.8 Å². The maximum atomic E-state index is 12.6. The maximum Gasteiger partial charge on any atom is 0.236 e. The van der Waals surface area contributed by atoms with Crippen LogP contribution in [0.1, 0.15) is 65.7 Å². The van der Waals surface area contributed by atoms with Gasteiger partial charge < -0.3 is 30.7 Å². The summed E-state index contributed by atoms with van der Waals surface area (Å²) >= 11 is 0. The van der Waals surface area contributed by atoms with Gasteiger partial charge in [0.05, 0.1) is 32.3 Å². The molecule has 5 N–H and O–H groups in total. The summed E-state index contributed by atoms with van der Waals surface area (Å²) in [7, 11) is 3.17. The van der Waals surface area contributed by atoms with Gasteiger partial charge >= 0.3 is 0 Å². The fraction of sp³-hybridized carbons (Fsp3) is 0.552. The zero-order valence-corrected chi connectivity index (χ0v) is 23.0. The number of hydrogen-bond donors (Lipinski definition) is 4. The van der Waals surface area contributed by atoms with Gasteiger partial charge in [0, 0.05) is 41.8 Å². The van der Waals surface area contributed by atoms with E-state index in [9.17, 15) is 15.0 Å². The van der Waals surface area contributed by atoms with Crippen LogP contribution >= 0.6 is 0 Å². The number of nitrogens with two attached hydrogens (primary N) is 1. The number of benzene rings is 2. The largest absolute Gasteiger partial charge is 0.504 e. The van der Waals surface area contributed by atoms with E-state index >= 15 is 0 Å². The third kappa shape index (κ3) is 3.18. The van der Waals surface area contributed by atoms with E-state index in [1.807, 2.05) is 13.8 Å². The highest BCUT2D eigenvalue weighted by molar-refractivity contribution is 5.81. The van der Waals surface area contributed by atoms with Gasteiger partial charge in [-0.1, -0.05) is 6.07 Å². The van der Waals surface area contributed by atoms with Crippen LogP contribution in [0, 0.1) is 13.8 Å². The molecule has 0 spiro atoms. The molecule has 38 heavy (non-hydrogen) atoms. The van der Waals surface area contributed by atoms with Crippen molar-refractivity contribution in [2.75, 3.05) is 27.3 Å². The normalized spacial score (nSPS) is 29.9. The second kappa shape index (κ2) is 8.49. The molecule has 2 aromatic carbocycles. The Hall–Kier alpha value is -3.01.